The molecule has 0 aliphatic heterocycles. The number of rotatable bonds is 48. The Labute approximate surface area is 590 Å². The molecule has 14 amide bonds. The number of carboxylic acids is 1. The highest BCUT2D eigenvalue weighted by molar-refractivity contribution is 6.01. The molecule has 0 bridgehead atoms. The molecule has 34 heteroatoms. The summed E-state index contributed by atoms with van der Waals surface area (Å²) >= 11 is 0. The molecular formula is C67H114N16O18. The van der Waals surface area contributed by atoms with Crippen LogP contribution in [0, 0.1) is 35.5 Å². The molecular weight excluding hydrogens is 1320 g/mol. The van der Waals surface area contributed by atoms with Crippen LogP contribution < -0.4 is 86.7 Å². The summed E-state index contributed by atoms with van der Waals surface area (Å²) in [7, 11) is 0. The summed E-state index contributed by atoms with van der Waals surface area (Å²) in [5.74, 6) is -18.2. The third-order valence-electron chi connectivity index (χ3n) is 17.0. The van der Waals surface area contributed by atoms with Crippen LogP contribution in [0.4, 0.5) is 0 Å². The third kappa shape index (κ3) is 32.1. The number of aliphatic hydroxyl groups excluding tert-OH is 2. The maximum absolute atomic E-state index is 14.6. The fourth-order valence-corrected chi connectivity index (χ4v) is 10.4. The number of carbonyl (C=O) groups is 15. The van der Waals surface area contributed by atoms with Crippen molar-refractivity contribution in [1.82, 2.24) is 63.8 Å². The molecule has 1 aromatic rings. The molecule has 1 rings (SSSR count). The molecule has 0 aliphatic rings. The van der Waals surface area contributed by atoms with Gasteiger partial charge in [0.25, 0.3) is 0 Å². The first kappa shape index (κ1) is 90.1. The lowest BCUT2D eigenvalue weighted by Gasteiger charge is -2.31. The topological polar surface area (TPSA) is 565 Å². The Morgan fingerprint density at radius 3 is 1.21 bits per heavy atom. The summed E-state index contributed by atoms with van der Waals surface area (Å²) in [6.07, 6.45) is -2.14. The van der Waals surface area contributed by atoms with Gasteiger partial charge in [-0.3, -0.25) is 71.9 Å². The fourth-order valence-electron chi connectivity index (χ4n) is 10.4. The van der Waals surface area contributed by atoms with Crippen LogP contribution in [-0.4, -0.2) is 202 Å². The Morgan fingerprint density at radius 1 is 0.416 bits per heavy atom. The van der Waals surface area contributed by atoms with Gasteiger partial charge >= 0.3 is 5.97 Å². The minimum absolute atomic E-state index is 0.0947. The van der Waals surface area contributed by atoms with Gasteiger partial charge in [0.2, 0.25) is 82.7 Å². The highest BCUT2D eigenvalue weighted by Gasteiger charge is 2.40. The first-order chi connectivity index (χ1) is 47.3. The molecule has 0 saturated heterocycles. The molecule has 0 radical (unpaired) electrons. The Bertz CT molecular complexity index is 2940. The predicted molar refractivity (Wildman–Crippen MR) is 371 cm³/mol. The van der Waals surface area contributed by atoms with Crippen LogP contribution in [0.3, 0.4) is 0 Å². The number of nitrogens with two attached hydrogens (primary N) is 4. The Kier molecular flexibility index (Phi) is 40.9. The van der Waals surface area contributed by atoms with Crippen molar-refractivity contribution in [2.45, 2.75) is 239 Å². The zero-order valence-corrected chi connectivity index (χ0v) is 60.5. The average Bonchev–Trinajstić information content (AvgIpc) is 0.849. The summed E-state index contributed by atoms with van der Waals surface area (Å²) in [6.45, 7) is 19.9. The fraction of sp³-hybridized carbons (Fsp3) is 0.687. The van der Waals surface area contributed by atoms with Crippen molar-refractivity contribution >= 4 is 88.7 Å². The van der Waals surface area contributed by atoms with E-state index >= 15 is 0 Å². The quantitative estimate of drug-likeness (QED) is 0.0279. The smallest absolute Gasteiger partial charge is 0.305 e. The number of nitrogens with one attached hydrogen (secondary N) is 12. The first-order valence-electron chi connectivity index (χ1n) is 34.5. The van der Waals surface area contributed by atoms with E-state index in [9.17, 15) is 87.2 Å². The molecule has 0 aliphatic carbocycles. The second-order valence-corrected chi connectivity index (χ2v) is 26.9. The molecule has 0 spiro atoms. The molecule has 0 heterocycles. The molecule has 0 aromatic heterocycles. The number of aliphatic carboxylic acids is 1. The van der Waals surface area contributed by atoms with Gasteiger partial charge in [-0.25, -0.2) is 0 Å². The summed E-state index contributed by atoms with van der Waals surface area (Å²) in [5, 5.41) is 60.7. The SMILES string of the molecule is CC[C@H](C)[C@H](NC(=O)[C@H](CC(N)=O)NC(=O)[C@H](CCCCN)NC(=O)[C@@H](NC(=O)[C@@H](NC(=O)[C@H](CC(=O)O)NC(=O)[C@H](Cc1ccccc1)NC(=O)[C@H](CC(C)C)NC(=O)CN)[C@@H](C)CC)[C@@H](C)CC)C(=O)N[C@H](C(=O)N[C@@H](CO)C(=O)N[C@H](C(=O)N[C@@H](CC(C)C)C(N)=O)[C@@H](C)O)C(C)C. The number of carboxylic acid groups (broad SMARTS) is 1. The number of aliphatic hydroxyl groups is 2. The van der Waals surface area contributed by atoms with Gasteiger partial charge in [-0.15, -0.1) is 0 Å². The Balaban J connectivity index is 3.63. The van der Waals surface area contributed by atoms with Gasteiger partial charge in [0.1, 0.15) is 72.5 Å². The molecule has 0 fully saturated rings. The number of carbonyl (C=O) groups excluding carboxylic acids is 14. The number of hydrogen-bond donors (Lipinski definition) is 19. The van der Waals surface area contributed by atoms with E-state index in [4.69, 9.17) is 22.9 Å². The third-order valence-corrected chi connectivity index (χ3v) is 17.0. The molecule has 0 saturated carbocycles. The van der Waals surface area contributed by atoms with E-state index in [2.05, 4.69) is 63.8 Å². The highest BCUT2D eigenvalue weighted by atomic mass is 16.4. The zero-order chi connectivity index (χ0) is 77.1. The van der Waals surface area contributed by atoms with Gasteiger partial charge in [-0.2, -0.15) is 0 Å². The van der Waals surface area contributed by atoms with Crippen LogP contribution in [0.5, 0.6) is 0 Å². The van der Waals surface area contributed by atoms with E-state index < -0.39 is 217 Å². The minimum Gasteiger partial charge on any atom is -0.481 e. The van der Waals surface area contributed by atoms with Crippen molar-refractivity contribution in [1.29, 1.82) is 0 Å². The Morgan fingerprint density at radius 2 is 0.782 bits per heavy atom. The van der Waals surface area contributed by atoms with Crippen molar-refractivity contribution < 1.29 is 87.2 Å². The van der Waals surface area contributed by atoms with Gasteiger partial charge < -0.3 is 102 Å². The lowest BCUT2D eigenvalue weighted by atomic mass is 9.94. The van der Waals surface area contributed by atoms with Gasteiger partial charge in [-0.1, -0.05) is 133 Å². The van der Waals surface area contributed by atoms with E-state index in [1.165, 1.54) is 20.8 Å². The lowest BCUT2D eigenvalue weighted by Crippen LogP contribution is -2.63. The van der Waals surface area contributed by atoms with E-state index in [-0.39, 0.29) is 69.7 Å². The number of hydrogen-bond acceptors (Lipinski definition) is 19. The predicted octanol–water partition coefficient (Wildman–Crippen LogP) is -3.77. The Hall–Kier alpha value is -8.89. The van der Waals surface area contributed by atoms with Crippen LogP contribution in [0.2, 0.25) is 0 Å². The van der Waals surface area contributed by atoms with Crippen molar-refractivity contribution in [2.75, 3.05) is 19.7 Å². The average molecular weight is 1430 g/mol. The molecule has 34 nitrogen and oxygen atoms in total. The van der Waals surface area contributed by atoms with Crippen LogP contribution in [0.1, 0.15) is 160 Å². The normalized spacial score (nSPS) is 16.1. The lowest BCUT2D eigenvalue weighted by molar-refractivity contribution is -0.142. The van der Waals surface area contributed by atoms with E-state index in [1.54, 1.807) is 99.6 Å². The minimum atomic E-state index is -1.85. The van der Waals surface area contributed by atoms with Crippen LogP contribution in [0.15, 0.2) is 30.3 Å². The van der Waals surface area contributed by atoms with Gasteiger partial charge in [0, 0.05) is 6.42 Å². The number of benzene rings is 1. The van der Waals surface area contributed by atoms with Crippen LogP contribution in [-0.2, 0) is 78.3 Å². The molecule has 23 N–H and O–H groups in total. The largest absolute Gasteiger partial charge is 0.481 e. The van der Waals surface area contributed by atoms with Crippen LogP contribution >= 0.6 is 0 Å². The second-order valence-electron chi connectivity index (χ2n) is 26.9. The van der Waals surface area contributed by atoms with Crippen molar-refractivity contribution in [3.05, 3.63) is 35.9 Å². The van der Waals surface area contributed by atoms with E-state index in [0.717, 1.165) is 0 Å². The van der Waals surface area contributed by atoms with Gasteiger partial charge in [-0.05, 0) is 86.6 Å². The molecule has 16 atom stereocenters. The second kappa shape index (κ2) is 45.8. The van der Waals surface area contributed by atoms with E-state index in [1.807, 2.05) is 0 Å². The van der Waals surface area contributed by atoms with Gasteiger partial charge in [0.05, 0.1) is 32.1 Å². The van der Waals surface area contributed by atoms with Crippen molar-refractivity contribution in [3.8, 4) is 0 Å². The summed E-state index contributed by atoms with van der Waals surface area (Å²) < 4.78 is 0. The van der Waals surface area contributed by atoms with E-state index in [0.29, 0.717) is 12.0 Å². The standard InChI is InChI=1S/C67H114N16O18/c1-14-36(10)52(82-66(100)54(38(12)16-3)81-61(95)46(30-50(88)89)77-59(93)44(28-40-22-18-17-19-23-40)75-58(92)43(27-34(6)7)72-49(87)31-69)64(98)73-41(24-20-21-25-68)57(91)76-45(29-48(70)86)60(94)80-53(37(11)15-2)65(99)79-51(35(8)9)63(97)78-47(32-84)62(96)83-55(39(13)85)67(101)74-42(56(71)90)26-33(4)5/h17-19,22-23,33-39,41-47,51-55,84-85H,14-16,20-21,24-32,68-69H2,1-13H3,(H2,70,86)(H2,71,90)(H,72,87)(H,73,98)(H,74,101)(H,75,92)(H,76,91)(H,77,93)(H,78,97)(H,79,99)(H,80,94)(H,81,95)(H,82,100)(H,83,96)(H,88,89)/t36-,37-,38-,39+,41-,42-,43-,44-,45-,46-,47-,51-,52-,53-,54-,55-/m0/s1. The molecule has 570 valence electrons. The number of amides is 14. The summed E-state index contributed by atoms with van der Waals surface area (Å²) in [5.41, 5.74) is 22.9. The summed E-state index contributed by atoms with van der Waals surface area (Å²) in [6, 6.07) is -9.86. The maximum atomic E-state index is 14.6. The number of primary amides is 2. The maximum Gasteiger partial charge on any atom is 0.305 e. The monoisotopic (exact) mass is 1430 g/mol. The van der Waals surface area contributed by atoms with Crippen LogP contribution in [0.25, 0.3) is 0 Å². The molecule has 101 heavy (non-hydrogen) atoms. The molecule has 1 aromatic carbocycles. The highest BCUT2D eigenvalue weighted by Crippen LogP contribution is 2.17. The van der Waals surface area contributed by atoms with Crippen molar-refractivity contribution in [3.63, 3.8) is 0 Å². The summed E-state index contributed by atoms with van der Waals surface area (Å²) in [4.78, 5) is 205. The molecule has 0 unspecified atom stereocenters. The van der Waals surface area contributed by atoms with Crippen molar-refractivity contribution in [2.24, 2.45) is 58.4 Å². The number of unbranched alkanes of at least 4 members (excludes halogenated alkanes) is 1. The zero-order valence-electron chi connectivity index (χ0n) is 60.5. The first-order valence-corrected chi connectivity index (χ1v) is 34.5. The van der Waals surface area contributed by atoms with Gasteiger partial charge in [0.15, 0.2) is 0 Å².